The average Bonchev–Trinajstić information content (AvgIpc) is 2.99. The molecular formula is C15H12ClN5O. The van der Waals surface area contributed by atoms with Crippen LogP contribution in [-0.2, 0) is 6.54 Å². The van der Waals surface area contributed by atoms with E-state index in [0.717, 1.165) is 11.1 Å². The molecule has 3 N–H and O–H groups in total. The quantitative estimate of drug-likeness (QED) is 0.508. The zero-order valence-electron chi connectivity index (χ0n) is 11.5. The van der Waals surface area contributed by atoms with Crippen molar-refractivity contribution in [2.24, 2.45) is 0 Å². The Morgan fingerprint density at radius 2 is 2.23 bits per heavy atom. The summed E-state index contributed by atoms with van der Waals surface area (Å²) in [5.74, 6) is 6.10. The van der Waals surface area contributed by atoms with E-state index >= 15 is 0 Å². The lowest BCUT2D eigenvalue weighted by atomic mass is 10.1. The lowest BCUT2D eigenvalue weighted by Crippen LogP contribution is -2.03. The number of benzene rings is 1. The van der Waals surface area contributed by atoms with Crippen molar-refractivity contribution >= 4 is 28.6 Å². The minimum absolute atomic E-state index is 0.143. The van der Waals surface area contributed by atoms with Crippen molar-refractivity contribution in [1.82, 2.24) is 19.9 Å². The molecule has 0 unspecified atom stereocenters. The van der Waals surface area contributed by atoms with Gasteiger partial charge in [0.25, 0.3) is 0 Å². The Labute approximate surface area is 131 Å². The third-order valence-corrected chi connectivity index (χ3v) is 3.13. The molecule has 0 radical (unpaired) electrons. The Morgan fingerprint density at radius 3 is 3.09 bits per heavy atom. The summed E-state index contributed by atoms with van der Waals surface area (Å²) < 4.78 is 0. The number of halogens is 1. The monoisotopic (exact) mass is 313 g/mol. The van der Waals surface area contributed by atoms with Gasteiger partial charge < -0.3 is 15.4 Å². The number of aromatic amines is 1. The van der Waals surface area contributed by atoms with Crippen LogP contribution in [0.2, 0.25) is 5.28 Å². The second-order valence-electron chi connectivity index (χ2n) is 4.46. The predicted octanol–water partition coefficient (Wildman–Crippen LogP) is 1.96. The number of aromatic nitrogens is 4. The number of nitrogens with zero attached hydrogens (tertiary/aromatic N) is 3. The van der Waals surface area contributed by atoms with Crippen LogP contribution in [0.1, 0.15) is 11.1 Å². The van der Waals surface area contributed by atoms with Crippen LogP contribution in [0.3, 0.4) is 0 Å². The van der Waals surface area contributed by atoms with Gasteiger partial charge in [-0.25, -0.2) is 4.98 Å². The summed E-state index contributed by atoms with van der Waals surface area (Å²) in [4.78, 5) is 15.3. The standard InChI is InChI=1S/C15H12ClN5O/c16-15-20-13(12-14(21-15)19-9-18-12)17-8-11-4-1-3-10(7-11)5-2-6-22/h1,3-4,7,9,22H,6,8H2,(H2,17,18,19,20,21). The van der Waals surface area contributed by atoms with Gasteiger partial charge in [-0.05, 0) is 29.3 Å². The fourth-order valence-corrected chi connectivity index (χ4v) is 2.19. The molecule has 0 saturated carbocycles. The summed E-state index contributed by atoms with van der Waals surface area (Å²) >= 11 is 5.89. The molecule has 3 rings (SSSR count). The maximum absolute atomic E-state index is 8.73. The Hall–Kier alpha value is -2.62. The normalized spacial score (nSPS) is 10.3. The number of imidazole rings is 1. The maximum atomic E-state index is 8.73. The van der Waals surface area contributed by atoms with Gasteiger partial charge in [0, 0.05) is 12.1 Å². The molecule has 0 aliphatic heterocycles. The third-order valence-electron chi connectivity index (χ3n) is 2.96. The number of H-pyrrole nitrogens is 1. The van der Waals surface area contributed by atoms with E-state index in [-0.39, 0.29) is 11.9 Å². The molecule has 0 aliphatic rings. The van der Waals surface area contributed by atoms with Crippen molar-refractivity contribution in [1.29, 1.82) is 0 Å². The van der Waals surface area contributed by atoms with E-state index in [4.69, 9.17) is 16.7 Å². The first-order valence-electron chi connectivity index (χ1n) is 6.55. The van der Waals surface area contributed by atoms with Crippen LogP contribution in [-0.4, -0.2) is 31.6 Å². The predicted molar refractivity (Wildman–Crippen MR) is 84.4 cm³/mol. The first-order chi connectivity index (χ1) is 10.8. The number of aliphatic hydroxyl groups is 1. The zero-order chi connectivity index (χ0) is 15.4. The average molecular weight is 314 g/mol. The van der Waals surface area contributed by atoms with Gasteiger partial charge in [-0.3, -0.25) is 0 Å². The van der Waals surface area contributed by atoms with Crippen LogP contribution in [0, 0.1) is 11.8 Å². The smallest absolute Gasteiger partial charge is 0.226 e. The fraction of sp³-hybridized carbons (Fsp3) is 0.133. The minimum Gasteiger partial charge on any atom is -0.384 e. The number of hydrogen-bond donors (Lipinski definition) is 3. The highest BCUT2D eigenvalue weighted by molar-refractivity contribution is 6.28. The highest BCUT2D eigenvalue weighted by Gasteiger charge is 2.08. The first-order valence-corrected chi connectivity index (χ1v) is 6.93. The van der Waals surface area contributed by atoms with Gasteiger partial charge in [0.05, 0.1) is 6.33 Å². The number of hydrogen-bond acceptors (Lipinski definition) is 5. The van der Waals surface area contributed by atoms with Crippen molar-refractivity contribution < 1.29 is 5.11 Å². The molecule has 7 heteroatoms. The van der Waals surface area contributed by atoms with Crippen molar-refractivity contribution in [3.05, 3.63) is 47.0 Å². The topological polar surface area (TPSA) is 86.7 Å². The number of rotatable bonds is 3. The van der Waals surface area contributed by atoms with Gasteiger partial charge in [-0.1, -0.05) is 24.0 Å². The van der Waals surface area contributed by atoms with E-state index in [1.165, 1.54) is 0 Å². The molecule has 110 valence electrons. The fourth-order valence-electron chi connectivity index (χ4n) is 2.02. The molecule has 2 heterocycles. The van der Waals surface area contributed by atoms with Gasteiger partial charge >= 0.3 is 0 Å². The molecule has 0 fully saturated rings. The number of aliphatic hydroxyl groups excluding tert-OH is 1. The summed E-state index contributed by atoms with van der Waals surface area (Å²) in [6.45, 7) is 0.399. The Balaban J connectivity index is 1.81. The molecule has 3 aromatic rings. The molecule has 0 saturated heterocycles. The van der Waals surface area contributed by atoms with E-state index in [9.17, 15) is 0 Å². The zero-order valence-corrected chi connectivity index (χ0v) is 12.2. The number of anilines is 1. The maximum Gasteiger partial charge on any atom is 0.226 e. The second-order valence-corrected chi connectivity index (χ2v) is 4.79. The number of nitrogens with one attached hydrogen (secondary N) is 2. The molecule has 0 bridgehead atoms. The number of fused-ring (bicyclic) bond motifs is 1. The Kier molecular flexibility index (Phi) is 4.19. The summed E-state index contributed by atoms with van der Waals surface area (Å²) in [6.07, 6.45) is 1.55. The van der Waals surface area contributed by atoms with Crippen molar-refractivity contribution in [3.8, 4) is 11.8 Å². The Morgan fingerprint density at radius 1 is 1.32 bits per heavy atom. The highest BCUT2D eigenvalue weighted by atomic mass is 35.5. The van der Waals surface area contributed by atoms with Crippen molar-refractivity contribution in [2.45, 2.75) is 6.54 Å². The largest absolute Gasteiger partial charge is 0.384 e. The van der Waals surface area contributed by atoms with Gasteiger partial charge in [0.15, 0.2) is 11.5 Å². The van der Waals surface area contributed by atoms with Gasteiger partial charge in [-0.2, -0.15) is 9.97 Å². The lowest BCUT2D eigenvalue weighted by molar-refractivity contribution is 0.350. The SMILES string of the molecule is OCC#Cc1cccc(CNc2nc(Cl)nc3nc[nH]c23)c1. The van der Waals surface area contributed by atoms with Gasteiger partial charge in [-0.15, -0.1) is 0 Å². The van der Waals surface area contributed by atoms with Crippen LogP contribution >= 0.6 is 11.6 Å². The second kappa shape index (κ2) is 6.43. The Bertz CT molecular complexity index is 865. The van der Waals surface area contributed by atoms with Crippen LogP contribution in [0.5, 0.6) is 0 Å². The molecule has 0 atom stereocenters. The van der Waals surface area contributed by atoms with E-state index in [2.05, 4.69) is 37.1 Å². The molecular weight excluding hydrogens is 302 g/mol. The molecule has 22 heavy (non-hydrogen) atoms. The van der Waals surface area contributed by atoms with Crippen molar-refractivity contribution in [2.75, 3.05) is 11.9 Å². The molecule has 0 amide bonds. The van der Waals surface area contributed by atoms with E-state index in [1.54, 1.807) is 6.33 Å². The van der Waals surface area contributed by atoms with E-state index < -0.39 is 0 Å². The third kappa shape index (κ3) is 3.17. The van der Waals surface area contributed by atoms with Gasteiger partial charge in [0.2, 0.25) is 5.28 Å². The first kappa shape index (κ1) is 14.3. The van der Waals surface area contributed by atoms with Crippen LogP contribution in [0.4, 0.5) is 5.82 Å². The molecule has 1 aromatic carbocycles. The lowest BCUT2D eigenvalue weighted by Gasteiger charge is -2.07. The summed E-state index contributed by atoms with van der Waals surface area (Å²) in [6, 6.07) is 7.73. The van der Waals surface area contributed by atoms with Crippen LogP contribution < -0.4 is 5.32 Å². The molecule has 6 nitrogen and oxygen atoms in total. The summed E-state index contributed by atoms with van der Waals surface area (Å²) in [5.41, 5.74) is 3.11. The summed E-state index contributed by atoms with van der Waals surface area (Å²) in [5, 5.41) is 12.1. The van der Waals surface area contributed by atoms with Crippen molar-refractivity contribution in [3.63, 3.8) is 0 Å². The van der Waals surface area contributed by atoms with E-state index in [1.807, 2.05) is 24.3 Å². The summed E-state index contributed by atoms with van der Waals surface area (Å²) in [7, 11) is 0. The van der Waals surface area contributed by atoms with Crippen LogP contribution in [0.15, 0.2) is 30.6 Å². The minimum atomic E-state index is -0.153. The highest BCUT2D eigenvalue weighted by Crippen LogP contribution is 2.19. The van der Waals surface area contributed by atoms with Crippen LogP contribution in [0.25, 0.3) is 11.2 Å². The molecule has 0 aliphatic carbocycles. The van der Waals surface area contributed by atoms with E-state index in [0.29, 0.717) is 23.5 Å². The molecule has 0 spiro atoms. The van der Waals surface area contributed by atoms with Gasteiger partial charge in [0.1, 0.15) is 12.1 Å². The molecule has 2 aromatic heterocycles.